The standard InChI is InChI=1S/C22H22N4O2S/c27-20(24-18-6-2-1-3-7-18)17-5-4-13-26(15-17)22(28)25-19-10-8-16(9-11-19)21-23-12-14-29-21/h1-3,6-12,14,17H,4-5,13,15H2,(H,24,27)(H,25,28)/t17-/m0/s1. The van der Waals surface area contributed by atoms with Crippen molar-refractivity contribution in [2.75, 3.05) is 23.7 Å². The lowest BCUT2D eigenvalue weighted by Crippen LogP contribution is -2.45. The van der Waals surface area contributed by atoms with Gasteiger partial charge in [0.05, 0.1) is 5.92 Å². The van der Waals surface area contributed by atoms with Crippen LogP contribution in [0.15, 0.2) is 66.2 Å². The molecule has 0 radical (unpaired) electrons. The zero-order chi connectivity index (χ0) is 20.1. The molecule has 1 aliphatic heterocycles. The Morgan fingerprint density at radius 2 is 1.76 bits per heavy atom. The number of likely N-dealkylation sites (tertiary alicyclic amines) is 1. The van der Waals surface area contributed by atoms with Gasteiger partial charge in [-0.25, -0.2) is 9.78 Å². The first-order valence-corrected chi connectivity index (χ1v) is 10.5. The molecule has 3 amide bonds. The minimum Gasteiger partial charge on any atom is -0.326 e. The van der Waals surface area contributed by atoms with Crippen molar-refractivity contribution in [2.24, 2.45) is 5.92 Å². The molecule has 0 spiro atoms. The van der Waals surface area contributed by atoms with Gasteiger partial charge in [0.25, 0.3) is 0 Å². The summed E-state index contributed by atoms with van der Waals surface area (Å²) in [5, 5.41) is 8.76. The predicted molar refractivity (Wildman–Crippen MR) is 116 cm³/mol. The maximum Gasteiger partial charge on any atom is 0.321 e. The van der Waals surface area contributed by atoms with E-state index in [-0.39, 0.29) is 17.9 Å². The molecule has 0 saturated carbocycles. The van der Waals surface area contributed by atoms with Gasteiger partial charge in [0.15, 0.2) is 0 Å². The Morgan fingerprint density at radius 1 is 1.00 bits per heavy atom. The Hall–Kier alpha value is -3.19. The van der Waals surface area contributed by atoms with Gasteiger partial charge >= 0.3 is 6.03 Å². The third-order valence-electron chi connectivity index (χ3n) is 4.94. The maximum absolute atomic E-state index is 12.7. The van der Waals surface area contributed by atoms with Gasteiger partial charge in [-0.05, 0) is 49.2 Å². The van der Waals surface area contributed by atoms with E-state index in [0.29, 0.717) is 13.1 Å². The molecule has 4 rings (SSSR count). The van der Waals surface area contributed by atoms with Crippen LogP contribution in [0.4, 0.5) is 16.2 Å². The topological polar surface area (TPSA) is 74.3 Å². The summed E-state index contributed by atoms with van der Waals surface area (Å²) in [6.45, 7) is 1.07. The van der Waals surface area contributed by atoms with Crippen LogP contribution >= 0.6 is 11.3 Å². The monoisotopic (exact) mass is 406 g/mol. The third-order valence-corrected chi connectivity index (χ3v) is 5.76. The molecule has 0 bridgehead atoms. The molecule has 1 saturated heterocycles. The van der Waals surface area contributed by atoms with Crippen LogP contribution in [0, 0.1) is 5.92 Å². The maximum atomic E-state index is 12.7. The van der Waals surface area contributed by atoms with E-state index in [0.717, 1.165) is 34.8 Å². The zero-order valence-corrected chi connectivity index (χ0v) is 16.7. The summed E-state index contributed by atoms with van der Waals surface area (Å²) in [4.78, 5) is 31.3. The number of hydrogen-bond acceptors (Lipinski definition) is 4. The largest absolute Gasteiger partial charge is 0.326 e. The molecule has 0 aliphatic carbocycles. The van der Waals surface area contributed by atoms with Crippen molar-refractivity contribution < 1.29 is 9.59 Å². The molecule has 3 aromatic rings. The van der Waals surface area contributed by atoms with Gasteiger partial charge in [-0.3, -0.25) is 4.79 Å². The zero-order valence-electron chi connectivity index (χ0n) is 15.9. The van der Waals surface area contributed by atoms with Crippen molar-refractivity contribution >= 4 is 34.6 Å². The highest BCUT2D eigenvalue weighted by molar-refractivity contribution is 7.13. The van der Waals surface area contributed by atoms with Gasteiger partial charge in [-0.1, -0.05) is 18.2 Å². The van der Waals surface area contributed by atoms with Crippen LogP contribution in [0.2, 0.25) is 0 Å². The molecule has 2 heterocycles. The Kier molecular flexibility index (Phi) is 5.86. The summed E-state index contributed by atoms with van der Waals surface area (Å²) in [6, 6.07) is 16.9. The summed E-state index contributed by atoms with van der Waals surface area (Å²) in [6.07, 6.45) is 3.37. The molecule has 29 heavy (non-hydrogen) atoms. The van der Waals surface area contributed by atoms with Crippen LogP contribution < -0.4 is 10.6 Å². The van der Waals surface area contributed by atoms with Gasteiger partial charge in [-0.2, -0.15) is 0 Å². The number of amides is 3. The van der Waals surface area contributed by atoms with Crippen LogP contribution in [0.1, 0.15) is 12.8 Å². The van der Waals surface area contributed by atoms with Gasteiger partial charge in [0, 0.05) is 41.6 Å². The highest BCUT2D eigenvalue weighted by Gasteiger charge is 2.28. The SMILES string of the molecule is O=C(Nc1ccccc1)[C@H]1CCCN(C(=O)Nc2ccc(-c3nccs3)cc2)C1. The molecule has 1 aromatic heterocycles. The van der Waals surface area contributed by atoms with Crippen LogP contribution in [-0.4, -0.2) is 34.9 Å². The lowest BCUT2D eigenvalue weighted by Gasteiger charge is -2.32. The number of nitrogens with zero attached hydrogens (tertiary/aromatic N) is 2. The number of anilines is 2. The molecule has 1 atom stereocenters. The number of piperidine rings is 1. The minimum atomic E-state index is -0.206. The first kappa shape index (κ1) is 19.1. The average molecular weight is 407 g/mol. The Morgan fingerprint density at radius 3 is 2.48 bits per heavy atom. The number of aromatic nitrogens is 1. The summed E-state index contributed by atoms with van der Waals surface area (Å²) in [5.41, 5.74) is 2.53. The summed E-state index contributed by atoms with van der Waals surface area (Å²) in [7, 11) is 0. The molecule has 7 heteroatoms. The molecule has 2 N–H and O–H groups in total. The quantitative estimate of drug-likeness (QED) is 0.660. The number of carbonyl (C=O) groups excluding carboxylic acids is 2. The van der Waals surface area contributed by atoms with Gasteiger partial charge < -0.3 is 15.5 Å². The van der Waals surface area contributed by atoms with Crippen molar-refractivity contribution in [3.8, 4) is 10.6 Å². The number of hydrogen-bond donors (Lipinski definition) is 2. The van der Waals surface area contributed by atoms with Gasteiger partial charge in [-0.15, -0.1) is 11.3 Å². The highest BCUT2D eigenvalue weighted by Crippen LogP contribution is 2.24. The molecule has 6 nitrogen and oxygen atoms in total. The second-order valence-electron chi connectivity index (χ2n) is 6.99. The molecule has 148 valence electrons. The van der Waals surface area contributed by atoms with E-state index < -0.39 is 0 Å². The molecular weight excluding hydrogens is 384 g/mol. The van der Waals surface area contributed by atoms with E-state index in [9.17, 15) is 9.59 Å². The lowest BCUT2D eigenvalue weighted by atomic mass is 9.97. The molecule has 1 aliphatic rings. The number of nitrogens with one attached hydrogen (secondary N) is 2. The minimum absolute atomic E-state index is 0.0403. The fourth-order valence-electron chi connectivity index (χ4n) is 3.41. The fraction of sp³-hybridized carbons (Fsp3) is 0.227. The first-order chi connectivity index (χ1) is 14.2. The number of para-hydroxylation sites is 1. The van der Waals surface area contributed by atoms with Crippen molar-refractivity contribution in [2.45, 2.75) is 12.8 Å². The lowest BCUT2D eigenvalue weighted by molar-refractivity contribution is -0.121. The summed E-state index contributed by atoms with van der Waals surface area (Å²) >= 11 is 1.58. The fourth-order valence-corrected chi connectivity index (χ4v) is 4.05. The Bertz CT molecular complexity index is 958. The Balaban J connectivity index is 1.34. The van der Waals surface area contributed by atoms with Crippen molar-refractivity contribution in [3.05, 3.63) is 66.2 Å². The second kappa shape index (κ2) is 8.87. The van der Waals surface area contributed by atoms with Gasteiger partial charge in [0.2, 0.25) is 5.91 Å². The first-order valence-electron chi connectivity index (χ1n) is 9.61. The van der Waals surface area contributed by atoms with Crippen LogP contribution in [0.5, 0.6) is 0 Å². The average Bonchev–Trinajstić information content (AvgIpc) is 3.30. The predicted octanol–water partition coefficient (Wildman–Crippen LogP) is 4.69. The molecule has 2 aromatic carbocycles. The van der Waals surface area contributed by atoms with E-state index in [1.165, 1.54) is 0 Å². The molecule has 1 fully saturated rings. The number of rotatable bonds is 4. The van der Waals surface area contributed by atoms with Gasteiger partial charge in [0.1, 0.15) is 5.01 Å². The van der Waals surface area contributed by atoms with E-state index in [1.54, 1.807) is 22.4 Å². The smallest absolute Gasteiger partial charge is 0.321 e. The third kappa shape index (κ3) is 4.81. The summed E-state index contributed by atoms with van der Waals surface area (Å²) in [5.74, 6) is -0.247. The highest BCUT2D eigenvalue weighted by atomic mass is 32.1. The number of urea groups is 1. The van der Waals surface area contributed by atoms with Crippen molar-refractivity contribution in [1.29, 1.82) is 0 Å². The number of thiazole rings is 1. The number of benzene rings is 2. The molecule has 0 unspecified atom stereocenters. The van der Waals surface area contributed by atoms with E-state index in [2.05, 4.69) is 15.6 Å². The van der Waals surface area contributed by atoms with Crippen LogP contribution in [-0.2, 0) is 4.79 Å². The number of carbonyl (C=O) groups is 2. The molecular formula is C22H22N4O2S. The van der Waals surface area contributed by atoms with E-state index >= 15 is 0 Å². The Labute approximate surface area is 173 Å². The van der Waals surface area contributed by atoms with Crippen LogP contribution in [0.3, 0.4) is 0 Å². The van der Waals surface area contributed by atoms with Crippen molar-refractivity contribution in [1.82, 2.24) is 9.88 Å². The van der Waals surface area contributed by atoms with E-state index in [1.807, 2.05) is 60.0 Å². The normalized spacial score (nSPS) is 16.3. The second-order valence-corrected chi connectivity index (χ2v) is 7.88. The van der Waals surface area contributed by atoms with E-state index in [4.69, 9.17) is 0 Å². The summed E-state index contributed by atoms with van der Waals surface area (Å²) < 4.78 is 0. The van der Waals surface area contributed by atoms with Crippen molar-refractivity contribution in [3.63, 3.8) is 0 Å². The van der Waals surface area contributed by atoms with Crippen LogP contribution in [0.25, 0.3) is 10.6 Å².